The molecule has 88 valence electrons. The van der Waals surface area contributed by atoms with E-state index >= 15 is 0 Å². The summed E-state index contributed by atoms with van der Waals surface area (Å²) in [6, 6.07) is 8.82. The van der Waals surface area contributed by atoms with Crippen molar-refractivity contribution < 1.29 is 0 Å². The summed E-state index contributed by atoms with van der Waals surface area (Å²) >= 11 is 1.74. The topological polar surface area (TPSA) is 12.9 Å². The molecular weight excluding hydrogens is 226 g/mol. The molecule has 0 saturated heterocycles. The molecule has 0 atom stereocenters. The smallest absolute Gasteiger partial charge is 0.123 e. The molecule has 0 bridgehead atoms. The standard InChI is InChI=1S/C15H17NS/c1-2-6-12(7-3-1)13-8-4-5-9-14(13)15-16-10-11-17-15/h4-5,8-12H,1-3,6-7H2. The first kappa shape index (κ1) is 11.0. The Morgan fingerprint density at radius 1 is 1.06 bits per heavy atom. The molecule has 0 unspecified atom stereocenters. The van der Waals surface area contributed by atoms with Crippen LogP contribution in [-0.4, -0.2) is 4.98 Å². The molecule has 1 aromatic heterocycles. The second-order valence-corrected chi connectivity index (χ2v) is 5.65. The third kappa shape index (κ3) is 2.27. The van der Waals surface area contributed by atoms with E-state index in [0.717, 1.165) is 5.92 Å². The van der Waals surface area contributed by atoms with Gasteiger partial charge in [0.05, 0.1) is 0 Å². The molecular formula is C15H17NS. The zero-order chi connectivity index (χ0) is 11.5. The van der Waals surface area contributed by atoms with Crippen LogP contribution in [0, 0.1) is 0 Å². The van der Waals surface area contributed by atoms with Gasteiger partial charge in [-0.1, -0.05) is 43.5 Å². The fourth-order valence-electron chi connectivity index (χ4n) is 2.82. The Hall–Kier alpha value is -1.15. The van der Waals surface area contributed by atoms with Crippen molar-refractivity contribution in [2.45, 2.75) is 38.0 Å². The monoisotopic (exact) mass is 243 g/mol. The first-order valence-corrected chi connectivity index (χ1v) is 7.32. The number of aromatic nitrogens is 1. The van der Waals surface area contributed by atoms with E-state index in [2.05, 4.69) is 34.6 Å². The minimum Gasteiger partial charge on any atom is -0.245 e. The molecule has 1 heterocycles. The molecule has 0 aliphatic heterocycles. The fraction of sp³-hybridized carbons (Fsp3) is 0.400. The maximum absolute atomic E-state index is 4.46. The van der Waals surface area contributed by atoms with Crippen molar-refractivity contribution in [1.82, 2.24) is 4.98 Å². The van der Waals surface area contributed by atoms with Crippen molar-refractivity contribution in [2.24, 2.45) is 0 Å². The molecule has 0 radical (unpaired) electrons. The number of benzene rings is 1. The Morgan fingerprint density at radius 2 is 1.88 bits per heavy atom. The lowest BCUT2D eigenvalue weighted by Crippen LogP contribution is -2.05. The van der Waals surface area contributed by atoms with E-state index in [0.29, 0.717) is 0 Å². The van der Waals surface area contributed by atoms with Crippen molar-refractivity contribution >= 4 is 11.3 Å². The van der Waals surface area contributed by atoms with Crippen LogP contribution in [0.25, 0.3) is 10.6 Å². The van der Waals surface area contributed by atoms with Crippen molar-refractivity contribution in [3.05, 3.63) is 41.4 Å². The lowest BCUT2D eigenvalue weighted by molar-refractivity contribution is 0.444. The van der Waals surface area contributed by atoms with Crippen LogP contribution >= 0.6 is 11.3 Å². The van der Waals surface area contributed by atoms with Gasteiger partial charge in [0, 0.05) is 17.1 Å². The van der Waals surface area contributed by atoms with E-state index in [1.165, 1.54) is 48.2 Å². The second-order valence-electron chi connectivity index (χ2n) is 4.76. The van der Waals surface area contributed by atoms with Crippen LogP contribution in [0.5, 0.6) is 0 Å². The second kappa shape index (κ2) is 5.01. The highest BCUT2D eigenvalue weighted by molar-refractivity contribution is 7.13. The van der Waals surface area contributed by atoms with Gasteiger partial charge in [-0.05, 0) is 24.3 Å². The number of nitrogens with zero attached hydrogens (tertiary/aromatic N) is 1. The van der Waals surface area contributed by atoms with Gasteiger partial charge >= 0.3 is 0 Å². The lowest BCUT2D eigenvalue weighted by Gasteiger charge is -2.23. The predicted octanol–water partition coefficient (Wildman–Crippen LogP) is 4.86. The van der Waals surface area contributed by atoms with E-state index in [4.69, 9.17) is 0 Å². The highest BCUT2D eigenvalue weighted by atomic mass is 32.1. The predicted molar refractivity (Wildman–Crippen MR) is 73.4 cm³/mol. The molecule has 0 N–H and O–H groups in total. The first-order chi connectivity index (χ1) is 8.45. The molecule has 0 amide bonds. The van der Waals surface area contributed by atoms with E-state index in [1.807, 2.05) is 6.20 Å². The van der Waals surface area contributed by atoms with Crippen LogP contribution < -0.4 is 0 Å². The molecule has 1 nitrogen and oxygen atoms in total. The molecule has 1 saturated carbocycles. The number of thiazole rings is 1. The van der Waals surface area contributed by atoms with Crippen molar-refractivity contribution in [1.29, 1.82) is 0 Å². The third-order valence-corrected chi connectivity index (χ3v) is 4.47. The maximum atomic E-state index is 4.46. The highest BCUT2D eigenvalue weighted by Gasteiger charge is 2.19. The summed E-state index contributed by atoms with van der Waals surface area (Å²) in [4.78, 5) is 4.46. The summed E-state index contributed by atoms with van der Waals surface area (Å²) in [6.07, 6.45) is 8.78. The van der Waals surface area contributed by atoms with Gasteiger partial charge in [-0.15, -0.1) is 11.3 Å². The Labute approximate surface area is 107 Å². The van der Waals surface area contributed by atoms with Crippen LogP contribution in [0.15, 0.2) is 35.8 Å². The van der Waals surface area contributed by atoms with Crippen molar-refractivity contribution in [3.8, 4) is 10.6 Å². The van der Waals surface area contributed by atoms with Crippen LogP contribution in [-0.2, 0) is 0 Å². The molecule has 1 aliphatic carbocycles. The molecule has 2 aromatic rings. The highest BCUT2D eigenvalue weighted by Crippen LogP contribution is 2.38. The van der Waals surface area contributed by atoms with Gasteiger partial charge in [-0.2, -0.15) is 0 Å². The molecule has 1 aromatic carbocycles. The van der Waals surface area contributed by atoms with Crippen LogP contribution in [0.1, 0.15) is 43.6 Å². The zero-order valence-electron chi connectivity index (χ0n) is 9.93. The van der Waals surface area contributed by atoms with E-state index in [9.17, 15) is 0 Å². The number of hydrogen-bond acceptors (Lipinski definition) is 2. The first-order valence-electron chi connectivity index (χ1n) is 6.44. The summed E-state index contributed by atoms with van der Waals surface area (Å²) in [6.45, 7) is 0. The Balaban J connectivity index is 1.98. The minimum atomic E-state index is 0.754. The number of rotatable bonds is 2. The van der Waals surface area contributed by atoms with Crippen LogP contribution in [0.4, 0.5) is 0 Å². The summed E-state index contributed by atoms with van der Waals surface area (Å²) in [5, 5.41) is 3.23. The Morgan fingerprint density at radius 3 is 2.65 bits per heavy atom. The van der Waals surface area contributed by atoms with Gasteiger partial charge in [0.2, 0.25) is 0 Å². The van der Waals surface area contributed by atoms with Crippen molar-refractivity contribution in [2.75, 3.05) is 0 Å². The summed E-state index contributed by atoms with van der Waals surface area (Å²) in [7, 11) is 0. The third-order valence-electron chi connectivity index (χ3n) is 3.67. The summed E-state index contributed by atoms with van der Waals surface area (Å²) in [5.74, 6) is 0.754. The van der Waals surface area contributed by atoms with Gasteiger partial charge in [0.15, 0.2) is 0 Å². The van der Waals surface area contributed by atoms with Gasteiger partial charge in [-0.25, -0.2) is 4.98 Å². The van der Waals surface area contributed by atoms with Gasteiger partial charge < -0.3 is 0 Å². The minimum absolute atomic E-state index is 0.754. The fourth-order valence-corrected chi connectivity index (χ4v) is 3.50. The summed E-state index contributed by atoms with van der Waals surface area (Å²) in [5.41, 5.74) is 2.87. The SMILES string of the molecule is c1ccc(C2CCCCC2)c(-c2nccs2)c1. The maximum Gasteiger partial charge on any atom is 0.123 e. The van der Waals surface area contributed by atoms with Crippen molar-refractivity contribution in [3.63, 3.8) is 0 Å². The lowest BCUT2D eigenvalue weighted by atomic mass is 9.82. The quantitative estimate of drug-likeness (QED) is 0.734. The average molecular weight is 243 g/mol. The van der Waals surface area contributed by atoms with E-state index < -0.39 is 0 Å². The Kier molecular flexibility index (Phi) is 3.23. The molecule has 1 fully saturated rings. The molecule has 17 heavy (non-hydrogen) atoms. The molecule has 3 rings (SSSR count). The van der Waals surface area contributed by atoms with Gasteiger partial charge in [0.25, 0.3) is 0 Å². The van der Waals surface area contributed by atoms with E-state index in [1.54, 1.807) is 11.3 Å². The largest absolute Gasteiger partial charge is 0.245 e. The molecule has 0 spiro atoms. The summed E-state index contributed by atoms with van der Waals surface area (Å²) < 4.78 is 0. The van der Waals surface area contributed by atoms with Gasteiger partial charge in [-0.3, -0.25) is 0 Å². The van der Waals surface area contributed by atoms with E-state index in [-0.39, 0.29) is 0 Å². The Bertz CT molecular complexity index is 469. The number of hydrogen-bond donors (Lipinski definition) is 0. The van der Waals surface area contributed by atoms with Crippen LogP contribution in [0.3, 0.4) is 0 Å². The zero-order valence-corrected chi connectivity index (χ0v) is 10.7. The van der Waals surface area contributed by atoms with Gasteiger partial charge in [0.1, 0.15) is 5.01 Å². The normalized spacial score (nSPS) is 17.2. The average Bonchev–Trinajstić information content (AvgIpc) is 2.94. The molecule has 2 heteroatoms. The van der Waals surface area contributed by atoms with Crippen LogP contribution in [0.2, 0.25) is 0 Å². The molecule has 1 aliphatic rings.